The third kappa shape index (κ3) is 6.65. The molecule has 7 nitrogen and oxygen atoms in total. The number of carboxylic acid groups (broad SMARTS) is 1. The van der Waals surface area contributed by atoms with E-state index < -0.39 is 12.0 Å². The molecule has 0 bridgehead atoms. The van der Waals surface area contributed by atoms with Crippen molar-refractivity contribution < 1.29 is 49.9 Å². The Balaban J connectivity index is 0. The second kappa shape index (κ2) is 10.4. The number of nitrogens with one attached hydrogen (secondary N) is 1. The Morgan fingerprint density at radius 3 is 2.60 bits per heavy atom. The fourth-order valence-corrected chi connectivity index (χ4v) is 1.33. The van der Waals surface area contributed by atoms with Crippen LogP contribution in [0.3, 0.4) is 0 Å². The molecule has 1 atom stereocenters. The van der Waals surface area contributed by atoms with E-state index in [9.17, 15) is 9.59 Å². The second-order valence-electron chi connectivity index (χ2n) is 3.86. The van der Waals surface area contributed by atoms with Crippen LogP contribution >= 0.6 is 0 Å². The second-order valence-corrected chi connectivity index (χ2v) is 3.86. The molecule has 1 aromatic heterocycles. The fraction of sp³-hybridized carbons (Fsp3) is 0.455. The van der Waals surface area contributed by atoms with Crippen molar-refractivity contribution >= 4 is 11.9 Å². The van der Waals surface area contributed by atoms with E-state index in [1.54, 1.807) is 16.9 Å². The number of amides is 1. The van der Waals surface area contributed by atoms with Gasteiger partial charge in [-0.05, 0) is 12.0 Å². The summed E-state index contributed by atoms with van der Waals surface area (Å²) in [5.41, 5.74) is 4.00. The Morgan fingerprint density at radius 2 is 2.15 bits per heavy atom. The predicted molar refractivity (Wildman–Crippen MR) is 61.4 cm³/mol. The quantitative estimate of drug-likeness (QED) is 0.451. The standard InChI is InChI=1S/C11H16N4O3.2ClH/c1-2-13-10(16)8-3-5-15(14-7-8)6-4-9(12)11(17)18;;/h3,5,7,9H,2,4,6,12H2,1H3,(H-,13,16,17,18);2*1H/t9-;;/m0../s1. The summed E-state index contributed by atoms with van der Waals surface area (Å²) in [6.45, 7) is 2.86. The highest BCUT2D eigenvalue weighted by atomic mass is 35.5. The number of carbonyl (C=O) groups is 2. The van der Waals surface area contributed by atoms with E-state index in [1.165, 1.54) is 6.20 Å². The summed E-state index contributed by atoms with van der Waals surface area (Å²) in [5.74, 6) is -1.09. The lowest BCUT2D eigenvalue weighted by atomic mass is 10.2. The van der Waals surface area contributed by atoms with Crippen molar-refractivity contribution in [3.8, 4) is 0 Å². The van der Waals surface area contributed by atoms with Gasteiger partial charge in [0.05, 0.1) is 12.0 Å². The van der Waals surface area contributed by atoms with Crippen LogP contribution in [-0.4, -0.2) is 34.7 Å². The van der Waals surface area contributed by atoms with Crippen LogP contribution in [0.1, 0.15) is 23.7 Å². The maximum atomic E-state index is 11.5. The number of carboxylic acids is 1. The lowest BCUT2D eigenvalue weighted by Crippen LogP contribution is -3.00. The minimum atomic E-state index is -0.922. The van der Waals surface area contributed by atoms with E-state index in [-0.39, 0.29) is 30.7 Å². The van der Waals surface area contributed by atoms with E-state index in [1.807, 2.05) is 6.92 Å². The van der Waals surface area contributed by atoms with Crippen LogP contribution in [0.25, 0.3) is 0 Å². The third-order valence-corrected chi connectivity index (χ3v) is 2.43. The average Bonchev–Trinajstić information content (AvgIpc) is 2.36. The number of aromatic nitrogens is 2. The highest BCUT2D eigenvalue weighted by Gasteiger charge is 2.18. The van der Waals surface area contributed by atoms with Crippen molar-refractivity contribution in [1.82, 2.24) is 10.4 Å². The number of aliphatic carboxylic acids is 1. The fourth-order valence-electron chi connectivity index (χ4n) is 1.33. The van der Waals surface area contributed by atoms with Crippen LogP contribution in [-0.2, 0) is 11.3 Å². The molecule has 0 saturated heterocycles. The average molecular weight is 325 g/mol. The van der Waals surface area contributed by atoms with Gasteiger partial charge in [-0.15, -0.1) is 0 Å². The van der Waals surface area contributed by atoms with E-state index in [4.69, 9.17) is 5.11 Å². The summed E-state index contributed by atoms with van der Waals surface area (Å²) in [4.78, 5) is 22.1. The van der Waals surface area contributed by atoms with Gasteiger partial charge < -0.3 is 41.0 Å². The first kappa shape index (κ1) is 20.9. The van der Waals surface area contributed by atoms with Crippen LogP contribution in [0, 0.1) is 0 Å². The third-order valence-electron chi connectivity index (χ3n) is 2.43. The highest BCUT2D eigenvalue weighted by Crippen LogP contribution is 1.93. The van der Waals surface area contributed by atoms with Gasteiger partial charge in [-0.1, -0.05) is 4.68 Å². The summed E-state index contributed by atoms with van der Waals surface area (Å²) < 4.78 is 1.59. The lowest BCUT2D eigenvalue weighted by molar-refractivity contribution is -0.756. The highest BCUT2D eigenvalue weighted by molar-refractivity contribution is 5.93. The number of nitrogens with zero attached hydrogens (tertiary/aromatic N) is 2. The van der Waals surface area contributed by atoms with E-state index in [0.29, 0.717) is 25.1 Å². The predicted octanol–water partition coefficient (Wildman–Crippen LogP) is -7.79. The van der Waals surface area contributed by atoms with Gasteiger partial charge in [0, 0.05) is 12.6 Å². The Hall–Kier alpha value is -1.44. The molecule has 0 radical (unpaired) electrons. The number of hydrogen-bond donors (Lipinski definition) is 3. The molecule has 0 aliphatic carbocycles. The topological polar surface area (TPSA) is 111 Å². The Labute approximate surface area is 129 Å². The number of quaternary nitrogens is 1. The summed E-state index contributed by atoms with van der Waals surface area (Å²) in [5, 5.41) is 15.4. The molecule has 0 saturated carbocycles. The van der Waals surface area contributed by atoms with Crippen molar-refractivity contribution in [1.29, 1.82) is 0 Å². The van der Waals surface area contributed by atoms with E-state index in [2.05, 4.69) is 16.1 Å². The summed E-state index contributed by atoms with van der Waals surface area (Å²) in [6.07, 6.45) is 3.51. The summed E-state index contributed by atoms with van der Waals surface area (Å²) in [6, 6.07) is 0.999. The smallest absolute Gasteiger partial charge is 0.362 e. The van der Waals surface area contributed by atoms with Crippen LogP contribution in [0.2, 0.25) is 0 Å². The maximum absolute atomic E-state index is 11.5. The first-order valence-corrected chi connectivity index (χ1v) is 5.74. The zero-order valence-electron chi connectivity index (χ0n) is 11.1. The number of aryl methyl sites for hydroxylation is 1. The minimum absolute atomic E-state index is 0. The monoisotopic (exact) mass is 324 g/mol. The molecule has 9 heteroatoms. The molecule has 0 unspecified atom stereocenters. The Morgan fingerprint density at radius 1 is 1.50 bits per heavy atom. The van der Waals surface area contributed by atoms with Crippen molar-refractivity contribution in [2.75, 3.05) is 6.54 Å². The zero-order chi connectivity index (χ0) is 13.5. The molecule has 0 fully saturated rings. The van der Waals surface area contributed by atoms with Crippen LogP contribution in [0.4, 0.5) is 0 Å². The van der Waals surface area contributed by atoms with E-state index in [0.717, 1.165) is 0 Å². The molecular weight excluding hydrogens is 307 g/mol. The molecule has 1 aromatic rings. The normalized spacial score (nSPS) is 10.7. The molecule has 0 spiro atoms. The van der Waals surface area contributed by atoms with Gasteiger partial charge in [0.25, 0.3) is 5.91 Å². The molecule has 20 heavy (non-hydrogen) atoms. The molecule has 5 N–H and O–H groups in total. The van der Waals surface area contributed by atoms with Crippen molar-refractivity contribution in [3.63, 3.8) is 0 Å². The molecule has 114 valence electrons. The van der Waals surface area contributed by atoms with Gasteiger partial charge in [0.15, 0.2) is 18.8 Å². The number of rotatable bonds is 6. The van der Waals surface area contributed by atoms with Gasteiger partial charge in [-0.25, -0.2) is 4.79 Å². The van der Waals surface area contributed by atoms with Gasteiger partial charge in [-0.3, -0.25) is 4.79 Å². The molecule has 0 aliphatic rings. The van der Waals surface area contributed by atoms with Crippen molar-refractivity contribution in [2.24, 2.45) is 0 Å². The van der Waals surface area contributed by atoms with Crippen LogP contribution in [0.15, 0.2) is 18.5 Å². The number of carbonyl (C=O) groups excluding carboxylic acids is 1. The molecular formula is C11H18Cl2N4O3. The summed E-state index contributed by atoms with van der Waals surface area (Å²) in [7, 11) is 0. The Bertz CT molecular complexity index is 428. The first-order chi connectivity index (χ1) is 8.54. The molecule has 1 heterocycles. The largest absolute Gasteiger partial charge is 1.00 e. The van der Waals surface area contributed by atoms with Crippen LogP contribution in [0.5, 0.6) is 0 Å². The number of halogens is 2. The van der Waals surface area contributed by atoms with Gasteiger partial charge >= 0.3 is 5.97 Å². The van der Waals surface area contributed by atoms with Crippen molar-refractivity contribution in [3.05, 3.63) is 24.0 Å². The molecule has 1 rings (SSSR count). The van der Waals surface area contributed by atoms with Crippen LogP contribution < -0.4 is 40.5 Å². The summed E-state index contributed by atoms with van der Waals surface area (Å²) >= 11 is 0. The van der Waals surface area contributed by atoms with E-state index >= 15 is 0 Å². The first-order valence-electron chi connectivity index (χ1n) is 5.74. The zero-order valence-corrected chi connectivity index (χ0v) is 12.6. The molecule has 0 aliphatic heterocycles. The minimum Gasteiger partial charge on any atom is -1.00 e. The SMILES string of the molecule is CCNC(=O)c1cc[n+](CC[C@H]([NH3+])C(=O)O)nc1.[Cl-].[Cl-]. The molecule has 0 aromatic carbocycles. The molecule has 1 amide bonds. The lowest BCUT2D eigenvalue weighted by Gasteiger charge is -2.01. The van der Waals surface area contributed by atoms with Gasteiger partial charge in [-0.2, -0.15) is 0 Å². The maximum Gasteiger partial charge on any atom is 0.362 e. The number of hydrogen-bond acceptors (Lipinski definition) is 3. The van der Waals surface area contributed by atoms with Gasteiger partial charge in [0.1, 0.15) is 6.20 Å². The van der Waals surface area contributed by atoms with Crippen molar-refractivity contribution in [2.45, 2.75) is 25.9 Å². The van der Waals surface area contributed by atoms with Gasteiger partial charge in [0.2, 0.25) is 0 Å². The Kier molecular flexibility index (Phi) is 10.8.